The first-order chi connectivity index (χ1) is 8.95. The number of alkyl halides is 1. The van der Waals surface area contributed by atoms with E-state index in [-0.39, 0.29) is 5.38 Å². The molecule has 1 heterocycles. The summed E-state index contributed by atoms with van der Waals surface area (Å²) in [5, 5.41) is 0.271. The summed E-state index contributed by atoms with van der Waals surface area (Å²) in [6.45, 7) is 5.86. The fourth-order valence-electron chi connectivity index (χ4n) is 2.18. The lowest BCUT2D eigenvalue weighted by atomic mass is 10.0. The molecule has 2 rings (SSSR count). The second-order valence-corrected chi connectivity index (χ2v) is 5.35. The van der Waals surface area contributed by atoms with E-state index < -0.39 is 0 Å². The Balaban J connectivity index is 2.47. The highest BCUT2D eigenvalue weighted by molar-refractivity contribution is 6.33. The number of rotatable bonds is 3. The molecule has 0 spiro atoms. The Morgan fingerprint density at radius 1 is 1.16 bits per heavy atom. The number of halogens is 2. The van der Waals surface area contributed by atoms with Gasteiger partial charge in [0.25, 0.3) is 0 Å². The van der Waals surface area contributed by atoms with Crippen molar-refractivity contribution in [2.24, 2.45) is 0 Å². The minimum absolute atomic E-state index is 0.323. The normalized spacial score (nSPS) is 12.5. The minimum Gasteiger partial charge on any atom is -0.497 e. The molecule has 0 aliphatic carbocycles. The van der Waals surface area contributed by atoms with Crippen molar-refractivity contribution in [3.8, 4) is 5.75 Å². The van der Waals surface area contributed by atoms with Crippen LogP contribution in [-0.2, 0) is 0 Å². The summed E-state index contributed by atoms with van der Waals surface area (Å²) < 4.78 is 10.8. The molecule has 0 saturated carbocycles. The van der Waals surface area contributed by atoms with Crippen molar-refractivity contribution < 1.29 is 9.15 Å². The fourth-order valence-corrected chi connectivity index (χ4v) is 3.02. The third kappa shape index (κ3) is 2.60. The molecule has 0 radical (unpaired) electrons. The summed E-state index contributed by atoms with van der Waals surface area (Å²) in [6, 6.07) is 5.51. The van der Waals surface area contributed by atoms with Crippen molar-refractivity contribution in [1.29, 1.82) is 0 Å². The lowest BCUT2D eigenvalue weighted by Crippen LogP contribution is -1.97. The topological polar surface area (TPSA) is 22.4 Å². The second-order valence-electron chi connectivity index (χ2n) is 4.50. The zero-order valence-corrected chi connectivity index (χ0v) is 12.9. The highest BCUT2D eigenvalue weighted by Gasteiger charge is 2.22. The predicted octanol–water partition coefficient (Wildman–Crippen LogP) is 5.20. The molecule has 4 heteroatoms. The first kappa shape index (κ1) is 14.3. The molecule has 1 aromatic heterocycles. The summed E-state index contributed by atoms with van der Waals surface area (Å²) in [6.07, 6.45) is 0. The van der Waals surface area contributed by atoms with Gasteiger partial charge >= 0.3 is 0 Å². The average molecular weight is 299 g/mol. The molecule has 1 atom stereocenters. The van der Waals surface area contributed by atoms with Crippen molar-refractivity contribution in [1.82, 2.24) is 0 Å². The number of hydrogen-bond donors (Lipinski definition) is 0. The van der Waals surface area contributed by atoms with Crippen LogP contribution in [0.4, 0.5) is 0 Å². The third-order valence-corrected chi connectivity index (χ3v) is 4.13. The van der Waals surface area contributed by atoms with Crippen LogP contribution in [0.1, 0.15) is 33.6 Å². The Hall–Kier alpha value is -1.12. The van der Waals surface area contributed by atoms with Gasteiger partial charge in [0, 0.05) is 10.6 Å². The van der Waals surface area contributed by atoms with Crippen LogP contribution in [0.3, 0.4) is 0 Å². The van der Waals surface area contributed by atoms with E-state index in [0.29, 0.717) is 5.02 Å². The molecule has 0 aliphatic heterocycles. The molecule has 2 nitrogen and oxygen atoms in total. The molecule has 1 unspecified atom stereocenters. The van der Waals surface area contributed by atoms with E-state index in [0.717, 1.165) is 34.0 Å². The van der Waals surface area contributed by atoms with Crippen LogP contribution in [0.15, 0.2) is 22.6 Å². The van der Waals surface area contributed by atoms with Crippen LogP contribution >= 0.6 is 23.2 Å². The Kier molecular flexibility index (Phi) is 4.12. The predicted molar refractivity (Wildman–Crippen MR) is 78.6 cm³/mol. The van der Waals surface area contributed by atoms with Crippen molar-refractivity contribution in [3.63, 3.8) is 0 Å². The molecule has 1 aromatic carbocycles. The molecular weight excluding hydrogens is 283 g/mol. The second kappa shape index (κ2) is 5.48. The summed E-state index contributed by atoms with van der Waals surface area (Å²) in [4.78, 5) is 0. The van der Waals surface area contributed by atoms with Crippen molar-refractivity contribution in [2.45, 2.75) is 26.1 Å². The van der Waals surface area contributed by atoms with Crippen molar-refractivity contribution in [2.75, 3.05) is 7.11 Å². The third-order valence-electron chi connectivity index (χ3n) is 3.35. The van der Waals surface area contributed by atoms with Gasteiger partial charge in [0.05, 0.1) is 12.5 Å². The van der Waals surface area contributed by atoms with E-state index in [2.05, 4.69) is 0 Å². The molecule has 19 heavy (non-hydrogen) atoms. The number of hydrogen-bond acceptors (Lipinski definition) is 2. The lowest BCUT2D eigenvalue weighted by molar-refractivity contribution is 0.414. The maximum atomic E-state index is 6.57. The fraction of sp³-hybridized carbons (Fsp3) is 0.333. The van der Waals surface area contributed by atoms with Crippen LogP contribution < -0.4 is 4.74 Å². The standard InChI is InChI=1S/C15H16Cl2O2/c1-8-9(2)19-10(3)14(8)15(17)12-6-5-11(18-4)7-13(12)16/h5-7,15H,1-4H3. The number of methoxy groups -OCH3 is 1. The van der Waals surface area contributed by atoms with Crippen LogP contribution in [0, 0.1) is 20.8 Å². The van der Waals surface area contributed by atoms with E-state index >= 15 is 0 Å². The molecule has 0 fully saturated rings. The largest absolute Gasteiger partial charge is 0.497 e. The maximum absolute atomic E-state index is 6.57. The molecular formula is C15H16Cl2O2. The summed E-state index contributed by atoms with van der Waals surface area (Å²) in [5.41, 5.74) is 2.92. The number of benzene rings is 1. The Morgan fingerprint density at radius 2 is 1.84 bits per heavy atom. The molecule has 0 amide bonds. The number of aryl methyl sites for hydroxylation is 2. The number of furan rings is 1. The smallest absolute Gasteiger partial charge is 0.120 e. The summed E-state index contributed by atoms with van der Waals surface area (Å²) in [5.74, 6) is 2.44. The van der Waals surface area contributed by atoms with E-state index in [1.165, 1.54) is 0 Å². The summed E-state index contributed by atoms with van der Waals surface area (Å²) >= 11 is 12.8. The van der Waals surface area contributed by atoms with Gasteiger partial charge in [-0.3, -0.25) is 0 Å². The van der Waals surface area contributed by atoms with Gasteiger partial charge in [0.1, 0.15) is 17.3 Å². The monoisotopic (exact) mass is 298 g/mol. The first-order valence-electron chi connectivity index (χ1n) is 5.99. The van der Waals surface area contributed by atoms with Crippen molar-refractivity contribution in [3.05, 3.63) is 51.4 Å². The first-order valence-corrected chi connectivity index (χ1v) is 6.81. The number of ether oxygens (including phenoxy) is 1. The quantitative estimate of drug-likeness (QED) is 0.727. The van der Waals surface area contributed by atoms with E-state index in [1.807, 2.05) is 32.9 Å². The van der Waals surface area contributed by atoms with Gasteiger partial charge < -0.3 is 9.15 Å². The SMILES string of the molecule is COc1ccc(C(Cl)c2c(C)oc(C)c2C)c(Cl)c1. The van der Waals surface area contributed by atoms with Crippen LogP contribution in [0.5, 0.6) is 5.75 Å². The average Bonchev–Trinajstić information content (AvgIpc) is 2.62. The maximum Gasteiger partial charge on any atom is 0.120 e. The zero-order valence-electron chi connectivity index (χ0n) is 11.4. The Labute approximate surface area is 123 Å². The van der Waals surface area contributed by atoms with Crippen molar-refractivity contribution >= 4 is 23.2 Å². The van der Waals surface area contributed by atoms with E-state index in [4.69, 9.17) is 32.4 Å². The van der Waals surface area contributed by atoms with Gasteiger partial charge in [-0.15, -0.1) is 11.6 Å². The van der Waals surface area contributed by atoms with Gasteiger partial charge in [0.2, 0.25) is 0 Å². The van der Waals surface area contributed by atoms with Gasteiger partial charge in [-0.05, 0) is 44.0 Å². The highest BCUT2D eigenvalue weighted by atomic mass is 35.5. The minimum atomic E-state index is -0.323. The lowest BCUT2D eigenvalue weighted by Gasteiger charge is -2.13. The molecule has 0 N–H and O–H groups in total. The van der Waals surface area contributed by atoms with E-state index in [9.17, 15) is 0 Å². The summed E-state index contributed by atoms with van der Waals surface area (Å²) in [7, 11) is 1.61. The van der Waals surface area contributed by atoms with Crippen LogP contribution in [-0.4, -0.2) is 7.11 Å². The highest BCUT2D eigenvalue weighted by Crippen LogP contribution is 2.39. The molecule has 0 bridgehead atoms. The van der Waals surface area contributed by atoms with Gasteiger partial charge in [-0.1, -0.05) is 17.7 Å². The molecule has 0 saturated heterocycles. The van der Waals surface area contributed by atoms with Gasteiger partial charge in [0.15, 0.2) is 0 Å². The van der Waals surface area contributed by atoms with Gasteiger partial charge in [-0.25, -0.2) is 0 Å². The Bertz CT molecular complexity index is 602. The Morgan fingerprint density at radius 3 is 2.32 bits per heavy atom. The molecule has 0 aliphatic rings. The van der Waals surface area contributed by atoms with Gasteiger partial charge in [-0.2, -0.15) is 0 Å². The molecule has 102 valence electrons. The van der Waals surface area contributed by atoms with Crippen LogP contribution in [0.25, 0.3) is 0 Å². The van der Waals surface area contributed by atoms with Crippen LogP contribution in [0.2, 0.25) is 5.02 Å². The van der Waals surface area contributed by atoms with E-state index in [1.54, 1.807) is 13.2 Å². The molecule has 2 aromatic rings. The zero-order chi connectivity index (χ0) is 14.2.